The predicted molar refractivity (Wildman–Crippen MR) is 146 cm³/mol. The lowest BCUT2D eigenvalue weighted by molar-refractivity contribution is -0.185. The molecule has 4 atom stereocenters. The largest absolute Gasteiger partial charge is 0.405 e. The van der Waals surface area contributed by atoms with E-state index >= 15 is 0 Å². The highest BCUT2D eigenvalue weighted by Crippen LogP contribution is 2.42. The van der Waals surface area contributed by atoms with Gasteiger partial charge >= 0.3 is 0 Å². The number of hydrogen-bond acceptors (Lipinski definition) is 7. The van der Waals surface area contributed by atoms with Crippen LogP contribution in [0.3, 0.4) is 0 Å². The van der Waals surface area contributed by atoms with Crippen molar-refractivity contribution in [2.75, 3.05) is 12.4 Å². The fourth-order valence-electron chi connectivity index (χ4n) is 5.46. The molecule has 2 aromatic rings. The Morgan fingerprint density at radius 1 is 1.05 bits per heavy atom. The minimum atomic E-state index is -4.30. The topological polar surface area (TPSA) is 115 Å². The average molecular weight is 558 g/mol. The summed E-state index contributed by atoms with van der Waals surface area (Å²) in [5, 5.41) is 11.8. The van der Waals surface area contributed by atoms with Crippen LogP contribution in [-0.2, 0) is 28.8 Å². The standard InChI is InChI=1S/C28H35NO7SSi/c1-27(2,3)38(21-12-8-6-9-13-21,22-14-10-7-11-15-22)33-19-23-25-26(36-28(4,5)35-25)24(34-23)20(18-29)16-17-37(30,31)32/h6-16,23-26H,17,19H2,1-5H3,(H,30,31,32)/t23-,24?,25-,26+/m1/s1. The molecular formula is C28H35NO7SSi. The van der Waals surface area contributed by atoms with Crippen LogP contribution in [0.4, 0.5) is 0 Å². The molecular weight excluding hydrogens is 522 g/mol. The molecule has 38 heavy (non-hydrogen) atoms. The van der Waals surface area contributed by atoms with Crippen molar-refractivity contribution in [3.63, 3.8) is 0 Å². The first kappa shape index (κ1) is 28.6. The third-order valence-electron chi connectivity index (χ3n) is 6.98. The van der Waals surface area contributed by atoms with E-state index in [2.05, 4.69) is 45.0 Å². The van der Waals surface area contributed by atoms with Crippen molar-refractivity contribution < 1.29 is 31.6 Å². The van der Waals surface area contributed by atoms with Gasteiger partial charge in [-0.05, 0) is 29.3 Å². The van der Waals surface area contributed by atoms with E-state index in [1.54, 1.807) is 13.8 Å². The first-order valence-electron chi connectivity index (χ1n) is 12.6. The lowest BCUT2D eigenvalue weighted by Crippen LogP contribution is -2.67. The molecule has 2 heterocycles. The smallest absolute Gasteiger partial charge is 0.268 e. The fraction of sp³-hybridized carbons (Fsp3) is 0.464. The quantitative estimate of drug-likeness (QED) is 0.299. The second-order valence-corrected chi connectivity index (χ2v) is 17.0. The zero-order valence-corrected chi connectivity index (χ0v) is 24.1. The molecule has 0 aliphatic carbocycles. The highest BCUT2D eigenvalue weighted by Gasteiger charge is 2.58. The molecule has 1 unspecified atom stereocenters. The van der Waals surface area contributed by atoms with Crippen molar-refractivity contribution in [1.29, 1.82) is 5.26 Å². The number of nitriles is 1. The summed E-state index contributed by atoms with van der Waals surface area (Å²) in [4.78, 5) is 0. The number of fused-ring (bicyclic) bond motifs is 1. The molecule has 2 fully saturated rings. The Hall–Kier alpha value is -2.36. The van der Waals surface area contributed by atoms with Crippen molar-refractivity contribution in [2.45, 2.75) is 69.9 Å². The minimum Gasteiger partial charge on any atom is -0.405 e. The number of hydrogen-bond donors (Lipinski definition) is 1. The highest BCUT2D eigenvalue weighted by molar-refractivity contribution is 7.85. The molecule has 2 aromatic carbocycles. The Balaban J connectivity index is 1.70. The molecule has 2 aliphatic heterocycles. The molecule has 10 heteroatoms. The molecule has 2 saturated heterocycles. The maximum atomic E-state index is 11.3. The van der Waals surface area contributed by atoms with Crippen LogP contribution in [0.25, 0.3) is 0 Å². The van der Waals surface area contributed by atoms with E-state index in [0.29, 0.717) is 0 Å². The Kier molecular flexibility index (Phi) is 8.03. The lowest BCUT2D eigenvalue weighted by Gasteiger charge is -2.43. The molecule has 0 amide bonds. The van der Waals surface area contributed by atoms with Crippen LogP contribution in [0.2, 0.25) is 5.04 Å². The number of rotatable bonds is 8. The monoisotopic (exact) mass is 557 g/mol. The third kappa shape index (κ3) is 5.79. The van der Waals surface area contributed by atoms with Gasteiger partial charge in [-0.15, -0.1) is 0 Å². The normalized spacial score (nSPS) is 25.7. The van der Waals surface area contributed by atoms with Gasteiger partial charge in [0.15, 0.2) is 5.79 Å². The summed E-state index contributed by atoms with van der Waals surface area (Å²) in [5.74, 6) is -1.61. The van der Waals surface area contributed by atoms with Crippen LogP contribution in [0, 0.1) is 11.3 Å². The van der Waals surface area contributed by atoms with Crippen LogP contribution in [0.5, 0.6) is 0 Å². The van der Waals surface area contributed by atoms with E-state index in [4.69, 9.17) is 18.6 Å². The second-order valence-electron chi connectivity index (χ2n) is 11.2. The van der Waals surface area contributed by atoms with Gasteiger partial charge in [-0.1, -0.05) is 87.5 Å². The van der Waals surface area contributed by atoms with Crippen LogP contribution in [-0.4, -0.2) is 63.9 Å². The van der Waals surface area contributed by atoms with Gasteiger partial charge in [0.25, 0.3) is 18.4 Å². The Morgan fingerprint density at radius 3 is 2.05 bits per heavy atom. The number of benzene rings is 2. The van der Waals surface area contributed by atoms with Gasteiger partial charge in [-0.2, -0.15) is 13.7 Å². The molecule has 0 aromatic heterocycles. The molecule has 0 bridgehead atoms. The Morgan fingerprint density at radius 2 is 1.58 bits per heavy atom. The Labute approximate surface area is 226 Å². The molecule has 8 nitrogen and oxygen atoms in total. The second kappa shape index (κ2) is 10.7. The molecule has 204 valence electrons. The van der Waals surface area contributed by atoms with Crippen LogP contribution >= 0.6 is 0 Å². The number of ether oxygens (including phenoxy) is 3. The zero-order valence-electron chi connectivity index (χ0n) is 22.3. The molecule has 0 saturated carbocycles. The van der Waals surface area contributed by atoms with Crippen LogP contribution < -0.4 is 10.4 Å². The average Bonchev–Trinajstić information content (AvgIpc) is 3.33. The van der Waals surface area contributed by atoms with E-state index in [1.807, 2.05) is 42.5 Å². The lowest BCUT2D eigenvalue weighted by atomic mass is 10.0. The zero-order chi connectivity index (χ0) is 27.8. The molecule has 0 radical (unpaired) electrons. The SMILES string of the molecule is CC1(C)O[C@@H]2[C@@H](CO[Si](c3ccccc3)(c3ccccc3)C(C)(C)C)OC(C(C#N)=CCS(=O)(=O)O)[C@@H]2O1. The molecule has 2 aliphatic rings. The summed E-state index contributed by atoms with van der Waals surface area (Å²) in [6.07, 6.45) is -1.44. The van der Waals surface area contributed by atoms with Crippen molar-refractivity contribution >= 4 is 28.8 Å². The van der Waals surface area contributed by atoms with Gasteiger partial charge in [0.1, 0.15) is 24.4 Å². The van der Waals surface area contributed by atoms with Gasteiger partial charge in [0, 0.05) is 0 Å². The Bertz CT molecular complexity index is 1260. The number of nitrogens with zero attached hydrogens (tertiary/aromatic N) is 1. The van der Waals surface area contributed by atoms with Crippen molar-refractivity contribution in [3.8, 4) is 6.07 Å². The molecule has 1 N–H and O–H groups in total. The van der Waals surface area contributed by atoms with E-state index in [1.165, 1.54) is 0 Å². The van der Waals surface area contributed by atoms with Gasteiger partial charge in [0.05, 0.1) is 24.0 Å². The van der Waals surface area contributed by atoms with Gasteiger partial charge < -0.3 is 18.6 Å². The van der Waals surface area contributed by atoms with E-state index < -0.39 is 54.4 Å². The molecule has 4 rings (SSSR count). The minimum absolute atomic E-state index is 0.0619. The summed E-state index contributed by atoms with van der Waals surface area (Å²) in [6, 6.07) is 22.5. The van der Waals surface area contributed by atoms with Crippen molar-refractivity contribution in [3.05, 3.63) is 72.3 Å². The van der Waals surface area contributed by atoms with E-state index in [0.717, 1.165) is 16.4 Å². The van der Waals surface area contributed by atoms with Crippen LogP contribution in [0.15, 0.2) is 72.3 Å². The first-order valence-corrected chi connectivity index (χ1v) is 16.1. The fourth-order valence-corrected chi connectivity index (χ4v) is 10.4. The first-order chi connectivity index (χ1) is 17.8. The van der Waals surface area contributed by atoms with E-state index in [9.17, 15) is 18.2 Å². The van der Waals surface area contributed by atoms with E-state index in [-0.39, 0.29) is 17.2 Å². The van der Waals surface area contributed by atoms with Crippen molar-refractivity contribution in [2.24, 2.45) is 0 Å². The van der Waals surface area contributed by atoms with Gasteiger partial charge in [-0.3, -0.25) is 4.55 Å². The summed E-state index contributed by atoms with van der Waals surface area (Å²) < 4.78 is 57.5. The van der Waals surface area contributed by atoms with Gasteiger partial charge in [-0.25, -0.2) is 0 Å². The predicted octanol–water partition coefficient (Wildman–Crippen LogP) is 3.19. The maximum absolute atomic E-state index is 11.3. The molecule has 0 spiro atoms. The summed E-state index contributed by atoms with van der Waals surface area (Å²) in [7, 11) is -7.16. The van der Waals surface area contributed by atoms with Crippen LogP contribution in [0.1, 0.15) is 34.6 Å². The third-order valence-corrected chi connectivity index (χ3v) is 12.6. The summed E-state index contributed by atoms with van der Waals surface area (Å²) in [6.45, 7) is 10.3. The van der Waals surface area contributed by atoms with Crippen molar-refractivity contribution in [1.82, 2.24) is 0 Å². The maximum Gasteiger partial charge on any atom is 0.268 e. The highest BCUT2D eigenvalue weighted by atomic mass is 32.2. The van der Waals surface area contributed by atoms with Gasteiger partial charge in [0.2, 0.25) is 0 Å². The summed E-state index contributed by atoms with van der Waals surface area (Å²) >= 11 is 0. The summed E-state index contributed by atoms with van der Waals surface area (Å²) in [5.41, 5.74) is 0.0619.